The first-order chi connectivity index (χ1) is 12.9. The Morgan fingerprint density at radius 2 is 2.15 bits per heavy atom. The molecule has 1 N–H and O–H groups in total. The van der Waals surface area contributed by atoms with Crippen LogP contribution in [0.2, 0.25) is 5.15 Å². The summed E-state index contributed by atoms with van der Waals surface area (Å²) in [6, 6.07) is 7.29. The van der Waals surface area contributed by atoms with Gasteiger partial charge in [-0.25, -0.2) is 4.98 Å². The molecule has 0 radical (unpaired) electrons. The van der Waals surface area contributed by atoms with Gasteiger partial charge in [0.15, 0.2) is 5.15 Å². The van der Waals surface area contributed by atoms with Crippen molar-refractivity contribution in [2.75, 3.05) is 11.9 Å². The third-order valence-electron chi connectivity index (χ3n) is 4.37. The number of amides is 1. The van der Waals surface area contributed by atoms with Crippen LogP contribution < -0.4 is 10.1 Å². The van der Waals surface area contributed by atoms with E-state index in [4.69, 9.17) is 20.8 Å². The fourth-order valence-corrected chi connectivity index (χ4v) is 3.04. The summed E-state index contributed by atoms with van der Waals surface area (Å²) in [6.45, 7) is 8.26. The summed E-state index contributed by atoms with van der Waals surface area (Å²) >= 11 is 6.00. The first kappa shape index (κ1) is 19.0. The highest BCUT2D eigenvalue weighted by Gasteiger charge is 2.15. The van der Waals surface area contributed by atoms with E-state index in [-0.39, 0.29) is 11.1 Å². The molecule has 0 saturated heterocycles. The molecule has 0 aliphatic heterocycles. The van der Waals surface area contributed by atoms with Crippen LogP contribution in [0.3, 0.4) is 0 Å². The van der Waals surface area contributed by atoms with E-state index in [2.05, 4.69) is 10.3 Å². The summed E-state index contributed by atoms with van der Waals surface area (Å²) in [4.78, 5) is 16.4. The van der Waals surface area contributed by atoms with Gasteiger partial charge in [0.05, 0.1) is 12.3 Å². The molecular weight excluding hydrogens is 364 g/mol. The van der Waals surface area contributed by atoms with Crippen molar-refractivity contribution >= 4 is 39.7 Å². The molecule has 0 aliphatic rings. The van der Waals surface area contributed by atoms with Crippen molar-refractivity contribution in [3.8, 4) is 5.75 Å². The summed E-state index contributed by atoms with van der Waals surface area (Å²) in [5.74, 6) is 1.26. The van der Waals surface area contributed by atoms with E-state index in [1.165, 1.54) is 6.08 Å². The number of hydrogen-bond donors (Lipinski definition) is 1. The summed E-state index contributed by atoms with van der Waals surface area (Å²) < 4.78 is 11.6. The molecule has 0 saturated carbocycles. The lowest BCUT2D eigenvalue weighted by Crippen LogP contribution is -2.09. The van der Waals surface area contributed by atoms with Gasteiger partial charge in [-0.3, -0.25) is 4.79 Å². The van der Waals surface area contributed by atoms with Crippen LogP contribution in [0.4, 0.5) is 5.69 Å². The number of carbonyl (C=O) groups excluding carboxylic acids is 1. The Kier molecular flexibility index (Phi) is 5.51. The molecule has 0 unspecified atom stereocenters. The number of ether oxygens (including phenoxy) is 1. The van der Waals surface area contributed by atoms with Gasteiger partial charge in [0, 0.05) is 29.3 Å². The minimum atomic E-state index is -0.287. The number of carbonyl (C=O) groups is 1. The SMILES string of the molecule is CCOc1cc2oc(C)c(C)c2cc1/C(C)=C/C(=O)Nc1cccnc1Cl. The predicted octanol–water partition coefficient (Wildman–Crippen LogP) is 5.54. The average Bonchev–Trinajstić information content (AvgIpc) is 2.90. The van der Waals surface area contributed by atoms with E-state index in [0.717, 1.165) is 33.4 Å². The number of nitrogens with one attached hydrogen (secondary N) is 1. The third-order valence-corrected chi connectivity index (χ3v) is 4.67. The number of pyridine rings is 1. The second kappa shape index (κ2) is 7.84. The minimum Gasteiger partial charge on any atom is -0.493 e. The number of furan rings is 1. The van der Waals surface area contributed by atoms with Crippen molar-refractivity contribution in [1.82, 2.24) is 4.98 Å². The van der Waals surface area contributed by atoms with Crippen molar-refractivity contribution in [3.05, 3.63) is 58.6 Å². The van der Waals surface area contributed by atoms with Gasteiger partial charge in [0.25, 0.3) is 0 Å². The highest BCUT2D eigenvalue weighted by atomic mass is 35.5. The molecule has 0 fully saturated rings. The molecule has 1 amide bonds. The zero-order chi connectivity index (χ0) is 19.6. The Bertz CT molecular complexity index is 1040. The van der Waals surface area contributed by atoms with Crippen LogP contribution >= 0.6 is 11.6 Å². The largest absolute Gasteiger partial charge is 0.493 e. The van der Waals surface area contributed by atoms with Crippen molar-refractivity contribution in [2.45, 2.75) is 27.7 Å². The normalized spacial score (nSPS) is 11.7. The van der Waals surface area contributed by atoms with Gasteiger partial charge >= 0.3 is 0 Å². The molecule has 0 aliphatic carbocycles. The van der Waals surface area contributed by atoms with Gasteiger partial charge in [0.2, 0.25) is 5.91 Å². The summed E-state index contributed by atoms with van der Waals surface area (Å²) in [5.41, 5.74) is 3.94. The van der Waals surface area contributed by atoms with Crippen molar-refractivity contribution in [2.24, 2.45) is 0 Å². The van der Waals surface area contributed by atoms with Crippen molar-refractivity contribution < 1.29 is 13.9 Å². The van der Waals surface area contributed by atoms with Gasteiger partial charge in [-0.1, -0.05) is 11.6 Å². The number of halogens is 1. The molecule has 2 aromatic heterocycles. The van der Waals surface area contributed by atoms with Crippen LogP contribution in [-0.2, 0) is 4.79 Å². The predicted molar refractivity (Wildman–Crippen MR) is 108 cm³/mol. The number of allylic oxidation sites excluding steroid dienone is 1. The van der Waals surface area contributed by atoms with Gasteiger partial charge in [0.1, 0.15) is 17.1 Å². The van der Waals surface area contributed by atoms with E-state index in [9.17, 15) is 4.79 Å². The maximum absolute atomic E-state index is 12.4. The maximum Gasteiger partial charge on any atom is 0.248 e. The highest BCUT2D eigenvalue weighted by molar-refractivity contribution is 6.32. The minimum absolute atomic E-state index is 0.248. The Labute approximate surface area is 163 Å². The van der Waals surface area contributed by atoms with Gasteiger partial charge < -0.3 is 14.5 Å². The Balaban J connectivity index is 1.97. The molecule has 6 heteroatoms. The van der Waals surface area contributed by atoms with Gasteiger partial charge in [-0.2, -0.15) is 0 Å². The van der Waals surface area contributed by atoms with Gasteiger partial charge in [-0.15, -0.1) is 0 Å². The smallest absolute Gasteiger partial charge is 0.248 e. The van der Waals surface area contributed by atoms with Crippen molar-refractivity contribution in [1.29, 1.82) is 0 Å². The first-order valence-corrected chi connectivity index (χ1v) is 9.05. The molecule has 3 rings (SSSR count). The van der Waals surface area contributed by atoms with Crippen molar-refractivity contribution in [3.63, 3.8) is 0 Å². The number of aryl methyl sites for hydroxylation is 2. The number of aromatic nitrogens is 1. The summed E-state index contributed by atoms with van der Waals surface area (Å²) in [7, 11) is 0. The Morgan fingerprint density at radius 1 is 1.37 bits per heavy atom. The summed E-state index contributed by atoms with van der Waals surface area (Å²) in [6.07, 6.45) is 3.09. The maximum atomic E-state index is 12.4. The number of nitrogens with zero attached hydrogens (tertiary/aromatic N) is 1. The van der Waals surface area contributed by atoms with Crippen LogP contribution in [0.15, 0.2) is 41.0 Å². The molecule has 140 valence electrons. The molecule has 5 nitrogen and oxygen atoms in total. The van der Waals surface area contributed by atoms with E-state index in [0.29, 0.717) is 18.0 Å². The van der Waals surface area contributed by atoms with E-state index in [1.54, 1.807) is 18.3 Å². The zero-order valence-corrected chi connectivity index (χ0v) is 16.5. The van der Waals surface area contributed by atoms with Crippen LogP contribution in [-0.4, -0.2) is 17.5 Å². The molecular formula is C21H21ClN2O3. The van der Waals surface area contributed by atoms with E-state index < -0.39 is 0 Å². The van der Waals surface area contributed by atoms with Crippen LogP contribution in [0.25, 0.3) is 16.5 Å². The second-order valence-corrected chi connectivity index (χ2v) is 6.58. The lowest BCUT2D eigenvalue weighted by molar-refractivity contribution is -0.111. The molecule has 3 aromatic rings. The van der Waals surface area contributed by atoms with Crippen LogP contribution in [0.5, 0.6) is 5.75 Å². The standard InChI is InChI=1S/C21H21ClN2O3/c1-5-26-18-11-19-16(13(3)14(4)27-19)10-15(18)12(2)9-20(25)24-17-7-6-8-23-21(17)22/h6-11H,5H2,1-4H3,(H,24,25)/b12-9+. The quantitative estimate of drug-likeness (QED) is 0.463. The molecule has 1 aromatic carbocycles. The average molecular weight is 385 g/mol. The second-order valence-electron chi connectivity index (χ2n) is 6.22. The molecule has 0 atom stereocenters. The number of fused-ring (bicyclic) bond motifs is 1. The van der Waals surface area contributed by atoms with Crippen LogP contribution in [0, 0.1) is 13.8 Å². The Hall–Kier alpha value is -2.79. The lowest BCUT2D eigenvalue weighted by Gasteiger charge is -2.11. The third kappa shape index (κ3) is 3.98. The van der Waals surface area contributed by atoms with E-state index >= 15 is 0 Å². The summed E-state index contributed by atoms with van der Waals surface area (Å²) in [5, 5.41) is 4.00. The molecule has 2 heterocycles. The topological polar surface area (TPSA) is 64.4 Å². The van der Waals surface area contributed by atoms with Gasteiger partial charge in [-0.05, 0) is 57.0 Å². The fraction of sp³-hybridized carbons (Fsp3) is 0.238. The lowest BCUT2D eigenvalue weighted by atomic mass is 10.0. The number of rotatable bonds is 5. The Morgan fingerprint density at radius 3 is 2.85 bits per heavy atom. The number of anilines is 1. The number of hydrogen-bond acceptors (Lipinski definition) is 4. The monoisotopic (exact) mass is 384 g/mol. The van der Waals surface area contributed by atoms with E-state index in [1.807, 2.05) is 39.8 Å². The highest BCUT2D eigenvalue weighted by Crippen LogP contribution is 2.35. The first-order valence-electron chi connectivity index (χ1n) is 8.67. The molecule has 27 heavy (non-hydrogen) atoms. The molecule has 0 spiro atoms. The van der Waals surface area contributed by atoms with Crippen LogP contribution in [0.1, 0.15) is 30.7 Å². The molecule has 0 bridgehead atoms. The number of benzene rings is 1. The zero-order valence-electron chi connectivity index (χ0n) is 15.7. The fourth-order valence-electron chi connectivity index (χ4n) is 2.88.